The molecule has 0 saturated carbocycles. The minimum Gasteiger partial charge on any atom is -0.463 e. The Morgan fingerprint density at radius 2 is 0.570 bits per heavy atom. The molecule has 0 aliphatic heterocycles. The average molecular weight is 1350 g/mol. The molecule has 0 fully saturated rings. The molecule has 16 nitrogen and oxygen atoms in total. The number of carbonyl (C=O) groups excluding carboxylic acids is 3. The first-order valence-corrected chi connectivity index (χ1v) is 39.2. The third-order valence-electron chi connectivity index (χ3n) is 15.0. The first-order valence-electron chi connectivity index (χ1n) is 36.2. The Labute approximate surface area is 564 Å². The summed E-state index contributed by atoms with van der Waals surface area (Å²) in [6.45, 7) is 2.42. The Bertz CT molecular complexity index is 2130. The second-order valence-electron chi connectivity index (χ2n) is 24.0. The van der Waals surface area contributed by atoms with Crippen LogP contribution in [0, 0.1) is 0 Å². The van der Waals surface area contributed by atoms with Crippen molar-refractivity contribution in [3.8, 4) is 0 Å². The molecule has 0 saturated heterocycles. The molecule has 0 aromatic heterocycles. The van der Waals surface area contributed by atoms with Gasteiger partial charge in [0.2, 0.25) is 0 Å². The maximum atomic E-state index is 12.9. The largest absolute Gasteiger partial charge is 0.472 e. The maximum Gasteiger partial charge on any atom is 0.472 e. The highest BCUT2D eigenvalue weighted by Gasteiger charge is 2.29. The lowest BCUT2D eigenvalue weighted by atomic mass is 10.0. The second kappa shape index (κ2) is 68.2. The predicted molar refractivity (Wildman–Crippen MR) is 380 cm³/mol. The number of unbranched alkanes of at least 4 members (excludes halogenated alkanes) is 27. The number of hydrogen-bond acceptors (Lipinski definition) is 14. The Hall–Kier alpha value is -3.79. The number of phosphoric ester groups is 2. The number of aliphatic hydroxyl groups excluding tert-OH is 2. The minimum atomic E-state index is -4.93. The zero-order valence-corrected chi connectivity index (χ0v) is 59.9. The van der Waals surface area contributed by atoms with Crippen molar-refractivity contribution in [1.29, 1.82) is 0 Å². The van der Waals surface area contributed by atoms with Gasteiger partial charge in [0.1, 0.15) is 25.4 Å². The van der Waals surface area contributed by atoms with Crippen molar-refractivity contribution in [2.45, 2.75) is 309 Å². The van der Waals surface area contributed by atoms with Gasteiger partial charge >= 0.3 is 33.6 Å². The van der Waals surface area contributed by atoms with Crippen LogP contribution >= 0.6 is 15.6 Å². The van der Waals surface area contributed by atoms with E-state index < -0.39 is 91.5 Å². The Kier molecular flexibility index (Phi) is 65.4. The van der Waals surface area contributed by atoms with E-state index >= 15 is 0 Å². The average Bonchev–Trinajstić information content (AvgIpc) is 2.77. The zero-order valence-electron chi connectivity index (χ0n) is 58.1. The molecule has 0 rings (SSSR count). The van der Waals surface area contributed by atoms with Crippen LogP contribution in [0.3, 0.4) is 0 Å². The van der Waals surface area contributed by atoms with E-state index in [2.05, 4.69) is 130 Å². The van der Waals surface area contributed by atoms with Crippen molar-refractivity contribution >= 4 is 33.6 Å². The van der Waals surface area contributed by atoms with E-state index in [1.54, 1.807) is 0 Å². The summed E-state index contributed by atoms with van der Waals surface area (Å²) >= 11 is 0. The van der Waals surface area contributed by atoms with Crippen molar-refractivity contribution in [2.24, 2.45) is 0 Å². The lowest BCUT2D eigenvalue weighted by molar-refractivity contribution is -0.161. The zero-order chi connectivity index (χ0) is 68.1. The SMILES string of the molecule is CC/C=C\C/C=C\C/C=C\C/C=C\C/C=C\CCCCCCCCCCCCCC(=O)OCC(O)COP(=O)(O)OCC(O)COP(=O)(O)OCC(COC(=O)CCCCCCCCC/C=C\C/C=C\C/C=C\CC)OC(=O)CCCCCCC/C=C\CCCCCC. The fourth-order valence-electron chi connectivity index (χ4n) is 9.49. The third kappa shape index (κ3) is 69.4. The number of esters is 3. The van der Waals surface area contributed by atoms with Gasteiger partial charge in [0.05, 0.1) is 26.4 Å². The summed E-state index contributed by atoms with van der Waals surface area (Å²) in [6, 6.07) is 0. The minimum absolute atomic E-state index is 0.0919. The molecule has 18 heteroatoms. The molecular weight excluding hydrogens is 1220 g/mol. The van der Waals surface area contributed by atoms with Gasteiger partial charge in [-0.1, -0.05) is 259 Å². The summed E-state index contributed by atoms with van der Waals surface area (Å²) in [5.74, 6) is -1.60. The van der Waals surface area contributed by atoms with Crippen molar-refractivity contribution in [1.82, 2.24) is 0 Å². The summed E-state index contributed by atoms with van der Waals surface area (Å²) in [7, 11) is -9.78. The highest BCUT2D eigenvalue weighted by molar-refractivity contribution is 7.47. The Balaban J connectivity index is 4.51. The van der Waals surface area contributed by atoms with Crippen LogP contribution in [-0.2, 0) is 55.8 Å². The fourth-order valence-corrected chi connectivity index (χ4v) is 11.1. The highest BCUT2D eigenvalue weighted by Crippen LogP contribution is 2.45. The Morgan fingerprint density at radius 3 is 0.914 bits per heavy atom. The number of rotatable bonds is 68. The number of ether oxygens (including phenoxy) is 3. The van der Waals surface area contributed by atoms with E-state index in [4.69, 9.17) is 32.3 Å². The summed E-state index contributed by atoms with van der Waals surface area (Å²) in [5, 5.41) is 20.6. The number of hydrogen-bond donors (Lipinski definition) is 4. The molecule has 5 unspecified atom stereocenters. The molecule has 0 heterocycles. The van der Waals surface area contributed by atoms with Gasteiger partial charge < -0.3 is 34.2 Å². The van der Waals surface area contributed by atoms with Gasteiger partial charge in [0, 0.05) is 19.3 Å². The highest BCUT2D eigenvalue weighted by atomic mass is 31.2. The molecule has 536 valence electrons. The lowest BCUT2D eigenvalue weighted by Crippen LogP contribution is -2.30. The molecule has 0 aliphatic rings. The van der Waals surface area contributed by atoms with E-state index in [1.165, 1.54) is 70.6 Å². The van der Waals surface area contributed by atoms with Crippen molar-refractivity contribution in [3.63, 3.8) is 0 Å². The summed E-state index contributed by atoms with van der Waals surface area (Å²) in [6.07, 6.45) is 77.1. The molecule has 0 amide bonds. The van der Waals surface area contributed by atoms with Crippen LogP contribution in [0.4, 0.5) is 0 Å². The van der Waals surface area contributed by atoms with Crippen LogP contribution in [0.2, 0.25) is 0 Å². The van der Waals surface area contributed by atoms with E-state index in [1.807, 2.05) is 0 Å². The van der Waals surface area contributed by atoms with Crippen LogP contribution in [0.25, 0.3) is 0 Å². The van der Waals surface area contributed by atoms with Crippen LogP contribution in [0.15, 0.2) is 109 Å². The molecular formula is C75H130O16P2. The maximum absolute atomic E-state index is 12.9. The number of carbonyl (C=O) groups is 3. The number of aliphatic hydroxyl groups is 2. The molecule has 0 radical (unpaired) electrons. The molecule has 0 bridgehead atoms. The smallest absolute Gasteiger partial charge is 0.463 e. The first-order chi connectivity index (χ1) is 45.2. The summed E-state index contributed by atoms with van der Waals surface area (Å²) < 4.78 is 60.9. The summed E-state index contributed by atoms with van der Waals surface area (Å²) in [5.41, 5.74) is 0. The van der Waals surface area contributed by atoms with Gasteiger partial charge in [-0.05, 0) is 122 Å². The van der Waals surface area contributed by atoms with Crippen LogP contribution in [0.5, 0.6) is 0 Å². The molecule has 0 spiro atoms. The summed E-state index contributed by atoms with van der Waals surface area (Å²) in [4.78, 5) is 58.4. The fraction of sp³-hybridized carbons (Fsp3) is 0.720. The lowest BCUT2D eigenvalue weighted by Gasteiger charge is -2.21. The van der Waals surface area contributed by atoms with Crippen molar-refractivity contribution in [3.05, 3.63) is 109 Å². The standard InChI is InChI=1S/C75H130O16P2/c1-4-7-10-13-16-19-22-25-27-29-30-31-32-33-34-35-36-37-38-40-42-44-46-49-52-55-58-61-73(78)85-64-70(76)65-87-92(81,82)88-66-71(77)67-89-93(83,84)90-69-72(91-75(80)63-60-57-54-51-48-43-24-21-18-15-12-9-6-3)68-86-74(79)62-59-56-53-50-47-45-41-39-28-26-23-20-17-14-11-8-5-2/h7-8,10-11,16-17,19-21,24-28,30-31,33-34,70-72,76-77H,4-6,9,12-15,18,22-23,29,32,35-69H2,1-3H3,(H,81,82)(H,83,84)/b10-7-,11-8-,19-16-,20-17-,24-21-,27-25-,28-26-,31-30-,34-33-. The van der Waals surface area contributed by atoms with E-state index in [9.17, 15) is 43.5 Å². The number of phosphoric acid groups is 2. The van der Waals surface area contributed by atoms with Gasteiger partial charge in [-0.2, -0.15) is 0 Å². The van der Waals surface area contributed by atoms with E-state index in [0.29, 0.717) is 19.3 Å². The van der Waals surface area contributed by atoms with Gasteiger partial charge in [-0.15, -0.1) is 0 Å². The normalized spacial score (nSPS) is 14.8. The van der Waals surface area contributed by atoms with E-state index in [0.717, 1.165) is 161 Å². The van der Waals surface area contributed by atoms with Crippen LogP contribution in [0.1, 0.15) is 290 Å². The molecule has 0 aromatic rings. The molecule has 93 heavy (non-hydrogen) atoms. The van der Waals surface area contributed by atoms with Gasteiger partial charge in [-0.3, -0.25) is 32.5 Å². The van der Waals surface area contributed by atoms with Gasteiger partial charge in [0.15, 0.2) is 6.10 Å². The number of allylic oxidation sites excluding steroid dienone is 18. The second-order valence-corrected chi connectivity index (χ2v) is 26.9. The quantitative estimate of drug-likeness (QED) is 0.0146. The monoisotopic (exact) mass is 1350 g/mol. The third-order valence-corrected chi connectivity index (χ3v) is 16.9. The topological polar surface area (TPSA) is 231 Å². The van der Waals surface area contributed by atoms with Crippen LogP contribution < -0.4 is 0 Å². The molecule has 0 aliphatic carbocycles. The first kappa shape index (κ1) is 89.2. The molecule has 4 N–H and O–H groups in total. The van der Waals surface area contributed by atoms with Crippen LogP contribution in [-0.4, -0.2) is 95.9 Å². The van der Waals surface area contributed by atoms with Gasteiger partial charge in [0.25, 0.3) is 0 Å². The molecule has 0 aromatic carbocycles. The molecule has 5 atom stereocenters. The van der Waals surface area contributed by atoms with Gasteiger partial charge in [-0.25, -0.2) is 9.13 Å². The van der Waals surface area contributed by atoms with Crippen molar-refractivity contribution < 1.29 is 75.8 Å². The predicted octanol–water partition coefficient (Wildman–Crippen LogP) is 20.4. The van der Waals surface area contributed by atoms with E-state index in [-0.39, 0.29) is 19.3 Å². The Morgan fingerprint density at radius 1 is 0.312 bits per heavy atom. The van der Waals surface area contributed by atoms with Crippen molar-refractivity contribution in [2.75, 3.05) is 39.6 Å².